The first kappa shape index (κ1) is 17.3. The lowest BCUT2D eigenvalue weighted by atomic mass is 10.0. The van der Waals surface area contributed by atoms with E-state index < -0.39 is 0 Å². The largest absolute Gasteiger partial charge is 0.377 e. The molecule has 6 nitrogen and oxygen atoms in total. The third kappa shape index (κ3) is 4.45. The molecule has 2 rings (SSSR count). The molecule has 0 radical (unpaired) electrons. The molecule has 3 amide bonds. The van der Waals surface area contributed by atoms with Crippen LogP contribution in [-0.4, -0.2) is 48.2 Å². The van der Waals surface area contributed by atoms with Crippen LogP contribution in [0, 0.1) is 0 Å². The van der Waals surface area contributed by atoms with Crippen molar-refractivity contribution in [3.8, 4) is 0 Å². The van der Waals surface area contributed by atoms with Gasteiger partial charge in [0, 0.05) is 23.8 Å². The van der Waals surface area contributed by atoms with E-state index in [1.807, 2.05) is 32.6 Å². The highest BCUT2D eigenvalue weighted by Crippen LogP contribution is 2.22. The van der Waals surface area contributed by atoms with E-state index in [2.05, 4.69) is 10.6 Å². The van der Waals surface area contributed by atoms with Gasteiger partial charge in [0.2, 0.25) is 0 Å². The number of benzene rings is 1. The van der Waals surface area contributed by atoms with Gasteiger partial charge in [-0.3, -0.25) is 4.79 Å². The lowest BCUT2D eigenvalue weighted by Gasteiger charge is -2.42. The first-order valence-electron chi connectivity index (χ1n) is 7.87. The van der Waals surface area contributed by atoms with Crippen LogP contribution in [0.15, 0.2) is 24.3 Å². The zero-order chi connectivity index (χ0) is 17.0. The fourth-order valence-electron chi connectivity index (χ4n) is 2.52. The molecule has 126 valence electrons. The van der Waals surface area contributed by atoms with Gasteiger partial charge >= 0.3 is 6.03 Å². The van der Waals surface area contributed by atoms with E-state index in [1.54, 1.807) is 24.3 Å². The topological polar surface area (TPSA) is 70.7 Å². The van der Waals surface area contributed by atoms with Gasteiger partial charge in [-0.05, 0) is 52.0 Å². The maximum Gasteiger partial charge on any atom is 0.319 e. The Hall–Kier alpha value is -2.08. The molecule has 1 fully saturated rings. The highest BCUT2D eigenvalue weighted by Gasteiger charge is 2.34. The monoisotopic (exact) mass is 319 g/mol. The molecule has 23 heavy (non-hydrogen) atoms. The van der Waals surface area contributed by atoms with Gasteiger partial charge in [0.15, 0.2) is 0 Å². The molecule has 1 saturated heterocycles. The van der Waals surface area contributed by atoms with Crippen molar-refractivity contribution in [2.45, 2.75) is 39.3 Å². The number of anilines is 1. The summed E-state index contributed by atoms with van der Waals surface area (Å²) in [4.78, 5) is 26.2. The van der Waals surface area contributed by atoms with E-state index in [9.17, 15) is 9.59 Å². The van der Waals surface area contributed by atoms with Gasteiger partial charge in [0.25, 0.3) is 5.91 Å². The molecule has 0 spiro atoms. The molecular weight excluding hydrogens is 294 g/mol. The van der Waals surface area contributed by atoms with Crippen LogP contribution >= 0.6 is 0 Å². The summed E-state index contributed by atoms with van der Waals surface area (Å²) >= 11 is 0. The number of carbonyl (C=O) groups is 2. The molecule has 1 aliphatic rings. The molecule has 0 aliphatic carbocycles. The Morgan fingerprint density at radius 2 is 1.87 bits per heavy atom. The predicted molar refractivity (Wildman–Crippen MR) is 89.7 cm³/mol. The molecule has 0 atom stereocenters. The zero-order valence-electron chi connectivity index (χ0n) is 14.2. The average molecular weight is 319 g/mol. The molecule has 1 heterocycles. The number of hydrogen-bond acceptors (Lipinski definition) is 3. The van der Waals surface area contributed by atoms with Gasteiger partial charge < -0.3 is 20.3 Å². The van der Waals surface area contributed by atoms with Crippen molar-refractivity contribution in [2.75, 3.05) is 25.1 Å². The quantitative estimate of drug-likeness (QED) is 0.899. The predicted octanol–water partition coefficient (Wildman–Crippen LogP) is 2.47. The SMILES string of the molecule is CC(C)NC(=O)Nc1ccc(C(=O)N2CCOCC2(C)C)cc1. The van der Waals surface area contributed by atoms with E-state index in [0.29, 0.717) is 31.0 Å². The summed E-state index contributed by atoms with van der Waals surface area (Å²) in [5, 5.41) is 5.49. The fraction of sp³-hybridized carbons (Fsp3) is 0.529. The van der Waals surface area contributed by atoms with Crippen molar-refractivity contribution in [1.29, 1.82) is 0 Å². The Morgan fingerprint density at radius 3 is 2.43 bits per heavy atom. The minimum Gasteiger partial charge on any atom is -0.377 e. The minimum absolute atomic E-state index is 0.0171. The first-order valence-corrected chi connectivity index (χ1v) is 7.87. The van der Waals surface area contributed by atoms with Crippen LogP contribution in [0.2, 0.25) is 0 Å². The Morgan fingerprint density at radius 1 is 1.22 bits per heavy atom. The maximum absolute atomic E-state index is 12.7. The number of morpholine rings is 1. The molecule has 0 bridgehead atoms. The third-order valence-electron chi connectivity index (χ3n) is 3.70. The highest BCUT2D eigenvalue weighted by molar-refractivity contribution is 5.96. The second-order valence-electron chi connectivity index (χ2n) is 6.65. The van der Waals surface area contributed by atoms with Gasteiger partial charge in [0.1, 0.15) is 0 Å². The maximum atomic E-state index is 12.7. The summed E-state index contributed by atoms with van der Waals surface area (Å²) < 4.78 is 5.45. The summed E-state index contributed by atoms with van der Waals surface area (Å²) in [7, 11) is 0. The molecule has 0 aromatic heterocycles. The van der Waals surface area contributed by atoms with Crippen molar-refractivity contribution in [3.05, 3.63) is 29.8 Å². The van der Waals surface area contributed by atoms with Crippen molar-refractivity contribution < 1.29 is 14.3 Å². The lowest BCUT2D eigenvalue weighted by Crippen LogP contribution is -2.55. The molecule has 6 heteroatoms. The number of nitrogens with one attached hydrogen (secondary N) is 2. The second kappa shape index (κ2) is 7.00. The number of carbonyl (C=O) groups excluding carboxylic acids is 2. The Balaban J connectivity index is 2.04. The van der Waals surface area contributed by atoms with E-state index in [4.69, 9.17) is 4.74 Å². The number of urea groups is 1. The Bertz CT molecular complexity index is 567. The summed E-state index contributed by atoms with van der Waals surface area (Å²) in [5.74, 6) is -0.0171. The summed E-state index contributed by atoms with van der Waals surface area (Å²) in [5.41, 5.74) is 0.944. The fourth-order valence-corrected chi connectivity index (χ4v) is 2.52. The van der Waals surface area contributed by atoms with Crippen LogP contribution in [0.3, 0.4) is 0 Å². The van der Waals surface area contributed by atoms with E-state index in [0.717, 1.165) is 0 Å². The van der Waals surface area contributed by atoms with E-state index >= 15 is 0 Å². The van der Waals surface area contributed by atoms with Crippen molar-refractivity contribution >= 4 is 17.6 Å². The summed E-state index contributed by atoms with van der Waals surface area (Å²) in [6.07, 6.45) is 0. The Labute approximate surface area is 137 Å². The van der Waals surface area contributed by atoms with Crippen molar-refractivity contribution in [1.82, 2.24) is 10.2 Å². The van der Waals surface area contributed by atoms with Crippen molar-refractivity contribution in [2.24, 2.45) is 0 Å². The first-order chi connectivity index (χ1) is 10.8. The normalized spacial score (nSPS) is 17.0. The average Bonchev–Trinajstić information content (AvgIpc) is 2.46. The van der Waals surface area contributed by atoms with Crippen LogP contribution in [0.25, 0.3) is 0 Å². The van der Waals surface area contributed by atoms with Gasteiger partial charge in [0.05, 0.1) is 18.8 Å². The minimum atomic E-state index is -0.316. The summed E-state index contributed by atoms with van der Waals surface area (Å²) in [6.45, 7) is 9.46. The van der Waals surface area contributed by atoms with Gasteiger partial charge in [-0.15, -0.1) is 0 Å². The highest BCUT2D eigenvalue weighted by atomic mass is 16.5. The van der Waals surface area contributed by atoms with E-state index in [1.165, 1.54) is 0 Å². The zero-order valence-corrected chi connectivity index (χ0v) is 14.2. The lowest BCUT2D eigenvalue weighted by molar-refractivity contribution is -0.0370. The third-order valence-corrected chi connectivity index (χ3v) is 3.70. The molecule has 0 unspecified atom stereocenters. The second-order valence-corrected chi connectivity index (χ2v) is 6.65. The van der Waals surface area contributed by atoms with Crippen LogP contribution in [0.1, 0.15) is 38.1 Å². The molecule has 1 aromatic rings. The number of nitrogens with zero attached hydrogens (tertiary/aromatic N) is 1. The van der Waals surface area contributed by atoms with Gasteiger partial charge in [-0.25, -0.2) is 4.79 Å². The number of hydrogen-bond donors (Lipinski definition) is 2. The van der Waals surface area contributed by atoms with Gasteiger partial charge in [-0.1, -0.05) is 0 Å². The van der Waals surface area contributed by atoms with Crippen LogP contribution in [0.5, 0.6) is 0 Å². The smallest absolute Gasteiger partial charge is 0.319 e. The number of ether oxygens (including phenoxy) is 1. The van der Waals surface area contributed by atoms with E-state index in [-0.39, 0.29) is 23.5 Å². The molecule has 1 aliphatic heterocycles. The van der Waals surface area contributed by atoms with Crippen LogP contribution in [-0.2, 0) is 4.74 Å². The van der Waals surface area contributed by atoms with Crippen LogP contribution < -0.4 is 10.6 Å². The molecule has 1 aromatic carbocycles. The van der Waals surface area contributed by atoms with Crippen molar-refractivity contribution in [3.63, 3.8) is 0 Å². The molecular formula is C17H25N3O3. The summed E-state index contributed by atoms with van der Waals surface area (Å²) in [6, 6.07) is 6.76. The molecule has 2 N–H and O–H groups in total. The standard InChI is InChI=1S/C17H25N3O3/c1-12(2)18-16(22)19-14-7-5-13(6-8-14)15(21)20-9-10-23-11-17(20,3)4/h5-8,12H,9-11H2,1-4H3,(H2,18,19,22). The van der Waals surface area contributed by atoms with Gasteiger partial charge in [-0.2, -0.15) is 0 Å². The number of amides is 3. The molecule has 0 saturated carbocycles. The Kier molecular flexibility index (Phi) is 5.26. The number of rotatable bonds is 3. The van der Waals surface area contributed by atoms with Crippen LogP contribution in [0.4, 0.5) is 10.5 Å².